The number of aryl methyl sites for hydroxylation is 1. The van der Waals surface area contributed by atoms with Crippen LogP contribution in [0.3, 0.4) is 0 Å². The van der Waals surface area contributed by atoms with Crippen molar-refractivity contribution in [1.29, 1.82) is 0 Å². The molecule has 0 radical (unpaired) electrons. The molecule has 0 aliphatic heterocycles. The van der Waals surface area contributed by atoms with E-state index in [2.05, 4.69) is 5.32 Å². The topological polar surface area (TPSA) is 130 Å². The van der Waals surface area contributed by atoms with E-state index in [-0.39, 0.29) is 27.9 Å². The summed E-state index contributed by atoms with van der Waals surface area (Å²) in [7, 11) is 0. The molecule has 154 valence electrons. The van der Waals surface area contributed by atoms with Gasteiger partial charge in [0.2, 0.25) is 5.91 Å². The van der Waals surface area contributed by atoms with E-state index in [1.54, 1.807) is 31.2 Å². The van der Waals surface area contributed by atoms with E-state index < -0.39 is 23.9 Å². The molecular formula is C22H26N2O5. The maximum Gasteiger partial charge on any atom is 0.336 e. The number of aromatic carboxylic acids is 2. The summed E-state index contributed by atoms with van der Waals surface area (Å²) in [4.78, 5) is 36.4. The minimum absolute atomic E-state index is 0.107. The lowest BCUT2D eigenvalue weighted by molar-refractivity contribution is -0.117. The van der Waals surface area contributed by atoms with E-state index in [0.29, 0.717) is 12.0 Å². The minimum atomic E-state index is -1.28. The van der Waals surface area contributed by atoms with Crippen LogP contribution in [-0.2, 0) is 4.79 Å². The van der Waals surface area contributed by atoms with Crippen molar-refractivity contribution in [2.45, 2.75) is 46.1 Å². The highest BCUT2D eigenvalue weighted by Gasteiger charge is 2.26. The van der Waals surface area contributed by atoms with Crippen molar-refractivity contribution < 1.29 is 24.6 Å². The van der Waals surface area contributed by atoms with E-state index in [1.807, 2.05) is 13.8 Å². The molecule has 1 amide bonds. The number of hydrogen-bond acceptors (Lipinski definition) is 4. The first-order valence-corrected chi connectivity index (χ1v) is 9.45. The number of hydrogen-bond donors (Lipinski definition) is 4. The molecule has 5 N–H and O–H groups in total. The largest absolute Gasteiger partial charge is 0.478 e. The summed E-state index contributed by atoms with van der Waals surface area (Å²) in [5.74, 6) is -3.03. The van der Waals surface area contributed by atoms with Crippen molar-refractivity contribution in [3.8, 4) is 11.1 Å². The highest BCUT2D eigenvalue weighted by atomic mass is 16.4. The van der Waals surface area contributed by atoms with Gasteiger partial charge in [-0.2, -0.15) is 0 Å². The second-order valence-corrected chi connectivity index (χ2v) is 7.06. The minimum Gasteiger partial charge on any atom is -0.478 e. The Morgan fingerprint density at radius 1 is 1.07 bits per heavy atom. The number of carbonyl (C=O) groups excluding carboxylic acids is 1. The average molecular weight is 398 g/mol. The quantitative estimate of drug-likeness (QED) is 0.535. The molecule has 7 heteroatoms. The highest BCUT2D eigenvalue weighted by molar-refractivity contribution is 6.09. The Morgan fingerprint density at radius 3 is 2.21 bits per heavy atom. The number of carbonyl (C=O) groups is 3. The van der Waals surface area contributed by atoms with Crippen LogP contribution < -0.4 is 11.1 Å². The molecule has 0 aromatic heterocycles. The van der Waals surface area contributed by atoms with Gasteiger partial charge in [-0.1, -0.05) is 49.6 Å². The summed E-state index contributed by atoms with van der Waals surface area (Å²) in [5, 5.41) is 22.2. The Balaban J connectivity index is 2.62. The zero-order chi connectivity index (χ0) is 21.7. The maximum atomic E-state index is 12.4. The monoisotopic (exact) mass is 398 g/mol. The normalized spacial score (nSPS) is 11.7. The molecule has 0 aliphatic rings. The molecule has 1 unspecified atom stereocenters. The summed E-state index contributed by atoms with van der Waals surface area (Å²) >= 11 is 0. The molecule has 1 atom stereocenters. The van der Waals surface area contributed by atoms with Crippen LogP contribution >= 0.6 is 0 Å². The number of anilines is 1. The number of nitrogens with two attached hydrogens (primary N) is 1. The lowest BCUT2D eigenvalue weighted by Crippen LogP contribution is -2.35. The van der Waals surface area contributed by atoms with Crippen molar-refractivity contribution in [1.82, 2.24) is 0 Å². The number of nitrogens with one attached hydrogen (secondary N) is 1. The second kappa shape index (κ2) is 9.34. The van der Waals surface area contributed by atoms with Crippen molar-refractivity contribution in [2.24, 2.45) is 5.73 Å². The molecule has 2 rings (SSSR count). The summed E-state index contributed by atoms with van der Waals surface area (Å²) in [5.41, 5.74) is 7.48. The van der Waals surface area contributed by atoms with Gasteiger partial charge in [0, 0.05) is 11.3 Å². The number of carboxylic acid groups (broad SMARTS) is 2. The Hall–Kier alpha value is -3.19. The number of carboxylic acids is 2. The van der Waals surface area contributed by atoms with Crippen molar-refractivity contribution in [3.63, 3.8) is 0 Å². The lowest BCUT2D eigenvalue weighted by atomic mass is 9.89. The van der Waals surface area contributed by atoms with Crippen LogP contribution in [0.15, 0.2) is 30.3 Å². The Kier molecular flexibility index (Phi) is 7.12. The van der Waals surface area contributed by atoms with Crippen LogP contribution in [0.1, 0.15) is 58.0 Å². The Morgan fingerprint density at radius 2 is 1.69 bits per heavy atom. The van der Waals surface area contributed by atoms with Gasteiger partial charge in [-0.05, 0) is 37.5 Å². The van der Waals surface area contributed by atoms with Gasteiger partial charge >= 0.3 is 11.9 Å². The summed E-state index contributed by atoms with van der Waals surface area (Å²) in [6, 6.07) is 7.47. The van der Waals surface area contributed by atoms with Crippen LogP contribution in [0.2, 0.25) is 0 Å². The van der Waals surface area contributed by atoms with Crippen LogP contribution in [0.25, 0.3) is 11.1 Å². The molecule has 29 heavy (non-hydrogen) atoms. The number of amides is 1. The lowest BCUT2D eigenvalue weighted by Gasteiger charge is -2.19. The molecule has 0 saturated carbocycles. The number of rotatable bonds is 8. The molecule has 2 aromatic rings. The van der Waals surface area contributed by atoms with Gasteiger partial charge in [-0.3, -0.25) is 4.79 Å². The molecular weight excluding hydrogens is 372 g/mol. The molecule has 0 saturated heterocycles. The van der Waals surface area contributed by atoms with E-state index in [4.69, 9.17) is 5.73 Å². The van der Waals surface area contributed by atoms with Crippen LogP contribution in [0, 0.1) is 13.8 Å². The van der Waals surface area contributed by atoms with Crippen LogP contribution in [-0.4, -0.2) is 34.1 Å². The fraction of sp³-hybridized carbons (Fsp3) is 0.318. The van der Waals surface area contributed by atoms with Crippen LogP contribution in [0.4, 0.5) is 5.69 Å². The van der Waals surface area contributed by atoms with Crippen LogP contribution in [0.5, 0.6) is 0 Å². The predicted octanol–water partition coefficient (Wildman–Crippen LogP) is 3.82. The molecule has 0 aliphatic carbocycles. The summed E-state index contributed by atoms with van der Waals surface area (Å²) in [6.45, 7) is 5.41. The first-order valence-electron chi connectivity index (χ1n) is 9.45. The molecule has 2 aromatic carbocycles. The predicted molar refractivity (Wildman–Crippen MR) is 111 cm³/mol. The molecule has 0 bridgehead atoms. The number of benzene rings is 2. The third-order valence-electron chi connectivity index (χ3n) is 4.83. The fourth-order valence-corrected chi connectivity index (χ4v) is 3.15. The molecule has 0 heterocycles. The molecule has 0 spiro atoms. The molecule has 0 fully saturated rings. The average Bonchev–Trinajstić information content (AvgIpc) is 2.67. The van der Waals surface area contributed by atoms with E-state index in [0.717, 1.165) is 18.4 Å². The fourth-order valence-electron chi connectivity index (χ4n) is 3.15. The third kappa shape index (κ3) is 5.00. The van der Waals surface area contributed by atoms with Gasteiger partial charge in [-0.15, -0.1) is 0 Å². The zero-order valence-electron chi connectivity index (χ0n) is 16.8. The van der Waals surface area contributed by atoms with Gasteiger partial charge in [-0.25, -0.2) is 9.59 Å². The molecule has 7 nitrogen and oxygen atoms in total. The SMILES string of the molecule is CCCCC(N)C(=O)Nc1cc(C(=O)O)c(-c2ccc(C)cc2)c(C(=O)O)c1C. The van der Waals surface area contributed by atoms with E-state index >= 15 is 0 Å². The Labute approximate surface area is 169 Å². The van der Waals surface area contributed by atoms with Gasteiger partial charge in [0.05, 0.1) is 17.2 Å². The first kappa shape index (κ1) is 22.1. The highest BCUT2D eigenvalue weighted by Crippen LogP contribution is 2.35. The second-order valence-electron chi connectivity index (χ2n) is 7.06. The van der Waals surface area contributed by atoms with Gasteiger partial charge in [0.1, 0.15) is 0 Å². The number of unbranched alkanes of at least 4 members (excludes halogenated alkanes) is 1. The van der Waals surface area contributed by atoms with Crippen molar-refractivity contribution >= 4 is 23.5 Å². The maximum absolute atomic E-state index is 12.4. The van der Waals surface area contributed by atoms with Crippen molar-refractivity contribution in [3.05, 3.63) is 52.6 Å². The van der Waals surface area contributed by atoms with E-state index in [9.17, 15) is 24.6 Å². The van der Waals surface area contributed by atoms with Crippen molar-refractivity contribution in [2.75, 3.05) is 5.32 Å². The first-order chi connectivity index (χ1) is 13.7. The van der Waals surface area contributed by atoms with E-state index in [1.165, 1.54) is 6.07 Å². The van der Waals surface area contributed by atoms with Gasteiger partial charge in [0.25, 0.3) is 0 Å². The van der Waals surface area contributed by atoms with Gasteiger partial charge in [0.15, 0.2) is 0 Å². The summed E-state index contributed by atoms with van der Waals surface area (Å²) in [6.07, 6.45) is 2.15. The standard InChI is InChI=1S/C22H26N2O5/c1-4-5-6-16(23)20(25)24-17-11-15(21(26)27)19(18(13(17)3)22(28)29)14-9-7-12(2)8-10-14/h7-11,16H,4-6,23H2,1-3H3,(H,24,25)(H,26,27)(H,28,29). The van der Waals surface area contributed by atoms with Gasteiger partial charge < -0.3 is 21.3 Å². The summed E-state index contributed by atoms with van der Waals surface area (Å²) < 4.78 is 0. The third-order valence-corrected chi connectivity index (χ3v) is 4.83. The zero-order valence-corrected chi connectivity index (χ0v) is 16.8. The Bertz CT molecular complexity index is 935. The smallest absolute Gasteiger partial charge is 0.336 e.